The topological polar surface area (TPSA) is 26.3 Å². The largest absolute Gasteiger partial charge is 0.452 e. The number of ether oxygens (including phenoxy) is 1. The molecule has 0 radical (unpaired) electrons. The van der Waals surface area contributed by atoms with Crippen molar-refractivity contribution in [2.75, 3.05) is 0 Å². The van der Waals surface area contributed by atoms with E-state index < -0.39 is 0 Å². The van der Waals surface area contributed by atoms with Gasteiger partial charge >= 0.3 is 0 Å². The fourth-order valence-electron chi connectivity index (χ4n) is 2.01. The Morgan fingerprint density at radius 1 is 1.11 bits per heavy atom. The second-order valence-corrected chi connectivity index (χ2v) is 5.41. The van der Waals surface area contributed by atoms with Crippen molar-refractivity contribution in [3.05, 3.63) is 69.4 Å². The minimum absolute atomic E-state index is 0.0541. The quantitative estimate of drug-likeness (QED) is 0.730. The highest BCUT2D eigenvalue weighted by Gasteiger charge is 2.26. The molecule has 0 saturated carbocycles. The minimum atomic E-state index is -0.0541. The van der Waals surface area contributed by atoms with Crippen molar-refractivity contribution in [1.29, 1.82) is 0 Å². The third-order valence-electron chi connectivity index (χ3n) is 2.99. The molecule has 3 rings (SSSR count). The minimum Gasteiger partial charge on any atom is -0.452 e. The Morgan fingerprint density at radius 2 is 1.84 bits per heavy atom. The van der Waals surface area contributed by atoms with E-state index in [9.17, 15) is 4.79 Å². The number of ketones is 1. The van der Waals surface area contributed by atoms with Crippen LogP contribution in [0, 0.1) is 6.92 Å². The van der Waals surface area contributed by atoms with Crippen LogP contribution in [-0.4, -0.2) is 5.78 Å². The van der Waals surface area contributed by atoms with Crippen molar-refractivity contribution in [3.63, 3.8) is 0 Å². The smallest absolute Gasteiger partial charge is 0.231 e. The maximum Gasteiger partial charge on any atom is 0.231 e. The van der Waals surface area contributed by atoms with Crippen molar-refractivity contribution in [2.24, 2.45) is 0 Å². The normalized spacial score (nSPS) is 15.5. The van der Waals surface area contributed by atoms with E-state index in [0.29, 0.717) is 17.1 Å². The fraction of sp³-hybridized carbons (Fsp3) is 0.0625. The molecule has 3 heteroatoms. The standard InChI is InChI=1S/C16H11BrO2/c1-10-2-7-14-13(8-10)16(18)15(19-14)9-11-3-5-12(17)6-4-11/h2-9H,1H3/b15-9-. The predicted molar refractivity (Wildman–Crippen MR) is 78.3 cm³/mol. The Hall–Kier alpha value is -1.87. The Labute approximate surface area is 119 Å². The average molecular weight is 315 g/mol. The first-order valence-electron chi connectivity index (χ1n) is 5.94. The summed E-state index contributed by atoms with van der Waals surface area (Å²) in [6.07, 6.45) is 1.77. The Morgan fingerprint density at radius 3 is 2.58 bits per heavy atom. The lowest BCUT2D eigenvalue weighted by atomic mass is 10.1. The molecule has 19 heavy (non-hydrogen) atoms. The van der Waals surface area contributed by atoms with Gasteiger partial charge in [-0.05, 0) is 42.8 Å². The summed E-state index contributed by atoms with van der Waals surface area (Å²) in [6, 6.07) is 13.4. The van der Waals surface area contributed by atoms with Crippen molar-refractivity contribution in [2.45, 2.75) is 6.92 Å². The van der Waals surface area contributed by atoms with Crippen LogP contribution in [0.2, 0.25) is 0 Å². The molecule has 0 spiro atoms. The third kappa shape index (κ3) is 2.34. The number of benzene rings is 2. The van der Waals surface area contributed by atoms with Crippen LogP contribution in [0.3, 0.4) is 0 Å². The van der Waals surface area contributed by atoms with Crippen molar-refractivity contribution in [3.8, 4) is 5.75 Å². The molecular formula is C16H11BrO2. The summed E-state index contributed by atoms with van der Waals surface area (Å²) < 4.78 is 6.61. The first-order valence-corrected chi connectivity index (χ1v) is 6.73. The second kappa shape index (κ2) is 4.67. The molecule has 0 fully saturated rings. The molecular weight excluding hydrogens is 304 g/mol. The highest BCUT2D eigenvalue weighted by atomic mass is 79.9. The van der Waals surface area contributed by atoms with Gasteiger partial charge in [-0.25, -0.2) is 0 Å². The number of rotatable bonds is 1. The van der Waals surface area contributed by atoms with Crippen molar-refractivity contribution < 1.29 is 9.53 Å². The summed E-state index contributed by atoms with van der Waals surface area (Å²) in [7, 11) is 0. The average Bonchev–Trinajstić information content (AvgIpc) is 2.70. The molecule has 2 aromatic rings. The van der Waals surface area contributed by atoms with Crippen LogP contribution in [0.25, 0.3) is 6.08 Å². The third-order valence-corrected chi connectivity index (χ3v) is 3.52. The van der Waals surface area contributed by atoms with Crippen LogP contribution in [0.4, 0.5) is 0 Å². The van der Waals surface area contributed by atoms with E-state index >= 15 is 0 Å². The molecule has 1 heterocycles. The van der Waals surface area contributed by atoms with Crippen LogP contribution in [0.1, 0.15) is 21.5 Å². The zero-order chi connectivity index (χ0) is 13.4. The van der Waals surface area contributed by atoms with Gasteiger partial charge < -0.3 is 4.74 Å². The van der Waals surface area contributed by atoms with Gasteiger partial charge in [-0.15, -0.1) is 0 Å². The summed E-state index contributed by atoms with van der Waals surface area (Å²) in [4.78, 5) is 12.2. The van der Waals surface area contributed by atoms with E-state index in [0.717, 1.165) is 15.6 Å². The van der Waals surface area contributed by atoms with Gasteiger partial charge in [0.1, 0.15) is 5.75 Å². The number of Topliss-reactive ketones (excluding diaryl/α,β-unsaturated/α-hetero) is 1. The molecule has 0 unspecified atom stereocenters. The highest BCUT2D eigenvalue weighted by Crippen LogP contribution is 2.32. The number of allylic oxidation sites excluding steroid dienone is 1. The number of carbonyl (C=O) groups is 1. The Balaban J connectivity index is 1.97. The van der Waals surface area contributed by atoms with Crippen molar-refractivity contribution in [1.82, 2.24) is 0 Å². The molecule has 2 aromatic carbocycles. The predicted octanol–water partition coefficient (Wildman–Crippen LogP) is 4.37. The fourth-order valence-corrected chi connectivity index (χ4v) is 2.28. The lowest BCUT2D eigenvalue weighted by Gasteiger charge is -1.98. The summed E-state index contributed by atoms with van der Waals surface area (Å²) in [5.41, 5.74) is 2.64. The van der Waals surface area contributed by atoms with Crippen LogP contribution in [-0.2, 0) is 0 Å². The lowest BCUT2D eigenvalue weighted by molar-refractivity contribution is 0.101. The van der Waals surface area contributed by atoms with E-state index in [1.165, 1.54) is 0 Å². The van der Waals surface area contributed by atoms with E-state index in [1.54, 1.807) is 6.08 Å². The number of hydrogen-bond acceptors (Lipinski definition) is 2. The first kappa shape index (κ1) is 12.2. The monoisotopic (exact) mass is 314 g/mol. The van der Waals surface area contributed by atoms with E-state index in [1.807, 2.05) is 49.4 Å². The van der Waals surface area contributed by atoms with Gasteiger partial charge in [0.2, 0.25) is 5.78 Å². The molecule has 0 amide bonds. The first-order chi connectivity index (χ1) is 9.13. The summed E-state index contributed by atoms with van der Waals surface area (Å²) in [6.45, 7) is 1.96. The van der Waals surface area contributed by atoms with Crippen LogP contribution < -0.4 is 4.74 Å². The number of carbonyl (C=O) groups excluding carboxylic acids is 1. The van der Waals surface area contributed by atoms with Gasteiger partial charge in [-0.1, -0.05) is 39.7 Å². The van der Waals surface area contributed by atoms with Gasteiger partial charge in [0, 0.05) is 4.47 Å². The van der Waals surface area contributed by atoms with E-state index in [-0.39, 0.29) is 5.78 Å². The Kier molecular flexibility index (Phi) is 2.99. The van der Waals surface area contributed by atoms with E-state index in [2.05, 4.69) is 15.9 Å². The summed E-state index contributed by atoms with van der Waals surface area (Å²) in [5.74, 6) is 0.962. The van der Waals surface area contributed by atoms with Gasteiger partial charge in [0.05, 0.1) is 5.56 Å². The van der Waals surface area contributed by atoms with Gasteiger partial charge in [-0.2, -0.15) is 0 Å². The molecule has 2 nitrogen and oxygen atoms in total. The van der Waals surface area contributed by atoms with Gasteiger partial charge in [0.25, 0.3) is 0 Å². The zero-order valence-corrected chi connectivity index (χ0v) is 11.9. The highest BCUT2D eigenvalue weighted by molar-refractivity contribution is 9.10. The van der Waals surface area contributed by atoms with Gasteiger partial charge in [0.15, 0.2) is 5.76 Å². The SMILES string of the molecule is Cc1ccc2c(c1)C(=O)/C(=C/c1ccc(Br)cc1)O2. The molecule has 1 aliphatic rings. The second-order valence-electron chi connectivity index (χ2n) is 4.49. The summed E-state index contributed by atoms with van der Waals surface area (Å²) in [5, 5.41) is 0. The molecule has 0 aromatic heterocycles. The molecule has 0 aliphatic carbocycles. The van der Waals surface area contributed by atoms with Crippen molar-refractivity contribution >= 4 is 27.8 Å². The zero-order valence-electron chi connectivity index (χ0n) is 10.3. The molecule has 0 N–H and O–H groups in total. The Bertz CT molecular complexity index is 684. The van der Waals surface area contributed by atoms with Crippen LogP contribution in [0.15, 0.2) is 52.7 Å². The number of fused-ring (bicyclic) bond motifs is 1. The lowest BCUT2D eigenvalue weighted by Crippen LogP contribution is -1.98. The molecule has 0 atom stereocenters. The maximum absolute atomic E-state index is 12.2. The van der Waals surface area contributed by atoms with Crippen LogP contribution in [0.5, 0.6) is 5.75 Å². The molecule has 0 bridgehead atoms. The van der Waals surface area contributed by atoms with Gasteiger partial charge in [-0.3, -0.25) is 4.79 Å². The molecule has 94 valence electrons. The van der Waals surface area contributed by atoms with E-state index in [4.69, 9.17) is 4.74 Å². The number of halogens is 1. The van der Waals surface area contributed by atoms with Crippen LogP contribution >= 0.6 is 15.9 Å². The molecule has 0 saturated heterocycles. The number of aryl methyl sites for hydroxylation is 1. The number of hydrogen-bond donors (Lipinski definition) is 0. The summed E-state index contributed by atoms with van der Waals surface area (Å²) >= 11 is 3.38. The maximum atomic E-state index is 12.2. The molecule has 1 aliphatic heterocycles.